The molecule has 0 saturated carbocycles. The number of hydrogen-bond donors (Lipinski definition) is 1. The van der Waals surface area contributed by atoms with Gasteiger partial charge in [0, 0.05) is 6.20 Å². The largest absolute Gasteiger partial charge is 0.316 e. The molecule has 2 nitrogen and oxygen atoms in total. The lowest BCUT2D eigenvalue weighted by atomic mass is 9.87. The van der Waals surface area contributed by atoms with Crippen LogP contribution < -0.4 is 5.32 Å². The van der Waals surface area contributed by atoms with Crippen LogP contribution in [-0.2, 0) is 5.67 Å². The Morgan fingerprint density at radius 1 is 1.43 bits per heavy atom. The molecule has 1 aliphatic rings. The number of nitrogens with one attached hydrogen (secondary N) is 1. The number of nitrogens with zero attached hydrogens (tertiary/aromatic N) is 1. The maximum atomic E-state index is 14.4. The lowest BCUT2D eigenvalue weighted by molar-refractivity contribution is 0.115. The smallest absolute Gasteiger partial charge is 0.138 e. The third kappa shape index (κ3) is 1.88. The van der Waals surface area contributed by atoms with E-state index in [1.54, 1.807) is 18.3 Å². The second-order valence-electron chi connectivity index (χ2n) is 3.58. The molecule has 0 aromatic carbocycles. The Morgan fingerprint density at radius 3 is 2.79 bits per heavy atom. The quantitative estimate of drug-likeness (QED) is 0.726. The first-order valence-electron chi connectivity index (χ1n) is 4.72. The van der Waals surface area contributed by atoms with Crippen LogP contribution in [-0.4, -0.2) is 18.1 Å². The molecule has 14 heavy (non-hydrogen) atoms. The van der Waals surface area contributed by atoms with Gasteiger partial charge in [0.2, 0.25) is 0 Å². The predicted octanol–water partition coefficient (Wildman–Crippen LogP) is 2.28. The summed E-state index contributed by atoms with van der Waals surface area (Å²) in [6.45, 7) is 1.44. The molecule has 0 aliphatic carbocycles. The summed E-state index contributed by atoms with van der Waals surface area (Å²) < 4.78 is 14.4. The van der Waals surface area contributed by atoms with Crippen molar-refractivity contribution in [3.63, 3.8) is 0 Å². The summed E-state index contributed by atoms with van der Waals surface area (Å²) in [4.78, 5) is 3.85. The fourth-order valence-corrected chi connectivity index (χ4v) is 1.97. The van der Waals surface area contributed by atoms with Gasteiger partial charge >= 0.3 is 0 Å². The first kappa shape index (κ1) is 9.87. The third-order valence-electron chi connectivity index (χ3n) is 2.64. The van der Waals surface area contributed by atoms with Crippen LogP contribution in [0.25, 0.3) is 0 Å². The van der Waals surface area contributed by atoms with Crippen LogP contribution in [0.3, 0.4) is 0 Å². The highest BCUT2D eigenvalue weighted by Crippen LogP contribution is 2.35. The van der Waals surface area contributed by atoms with E-state index in [0.717, 1.165) is 13.1 Å². The third-order valence-corrected chi connectivity index (χ3v) is 2.85. The van der Waals surface area contributed by atoms with Crippen molar-refractivity contribution in [3.8, 4) is 0 Å². The maximum Gasteiger partial charge on any atom is 0.138 e. The zero-order chi connectivity index (χ0) is 10.0. The van der Waals surface area contributed by atoms with Crippen LogP contribution in [0.4, 0.5) is 4.39 Å². The normalized spacial score (nSPS) is 20.7. The number of aromatic nitrogens is 1. The Kier molecular flexibility index (Phi) is 2.70. The standard InChI is InChI=1S/C10H12ClFN2/c11-9-7-8(1-4-14-9)10(12)2-5-13-6-3-10/h1,4,7,13H,2-3,5-6H2. The molecule has 0 spiro atoms. The molecular weight excluding hydrogens is 203 g/mol. The van der Waals surface area contributed by atoms with E-state index >= 15 is 0 Å². The molecule has 1 aromatic rings. The monoisotopic (exact) mass is 214 g/mol. The van der Waals surface area contributed by atoms with Crippen LogP contribution in [0.2, 0.25) is 5.15 Å². The first-order valence-corrected chi connectivity index (χ1v) is 5.10. The molecule has 1 saturated heterocycles. The number of alkyl halides is 1. The van der Waals surface area contributed by atoms with Crippen LogP contribution in [0.5, 0.6) is 0 Å². The van der Waals surface area contributed by atoms with Gasteiger partial charge in [0.15, 0.2) is 0 Å². The lowest BCUT2D eigenvalue weighted by Gasteiger charge is -2.30. The minimum Gasteiger partial charge on any atom is -0.316 e. The summed E-state index contributed by atoms with van der Waals surface area (Å²) in [5, 5.41) is 3.49. The highest BCUT2D eigenvalue weighted by atomic mass is 35.5. The molecule has 1 N–H and O–H groups in total. The number of pyridine rings is 1. The summed E-state index contributed by atoms with van der Waals surface area (Å²) in [5.41, 5.74) is -0.573. The number of rotatable bonds is 1. The van der Waals surface area contributed by atoms with Crippen molar-refractivity contribution in [3.05, 3.63) is 29.0 Å². The Balaban J connectivity index is 2.28. The molecule has 1 aliphatic heterocycles. The summed E-state index contributed by atoms with van der Waals surface area (Å²) in [6, 6.07) is 3.32. The predicted molar refractivity (Wildman–Crippen MR) is 54.1 cm³/mol. The second-order valence-corrected chi connectivity index (χ2v) is 3.97. The van der Waals surface area contributed by atoms with Gasteiger partial charge in [0.05, 0.1) is 0 Å². The van der Waals surface area contributed by atoms with Gasteiger partial charge in [-0.2, -0.15) is 0 Å². The van der Waals surface area contributed by atoms with Crippen molar-refractivity contribution in [1.82, 2.24) is 10.3 Å². The number of hydrogen-bond acceptors (Lipinski definition) is 2. The summed E-state index contributed by atoms with van der Waals surface area (Å²) in [6.07, 6.45) is 2.57. The highest BCUT2D eigenvalue weighted by molar-refractivity contribution is 6.29. The van der Waals surface area contributed by atoms with Crippen LogP contribution in [0.15, 0.2) is 18.3 Å². The molecule has 0 radical (unpaired) electrons. The first-order chi connectivity index (χ1) is 6.71. The Morgan fingerprint density at radius 2 is 2.14 bits per heavy atom. The summed E-state index contributed by atoms with van der Waals surface area (Å²) >= 11 is 5.73. The summed E-state index contributed by atoms with van der Waals surface area (Å²) in [5.74, 6) is 0. The Labute approximate surface area is 87.5 Å². The molecule has 0 unspecified atom stereocenters. The molecule has 2 heterocycles. The topological polar surface area (TPSA) is 24.9 Å². The average Bonchev–Trinajstić information content (AvgIpc) is 2.19. The van der Waals surface area contributed by atoms with Gasteiger partial charge in [-0.1, -0.05) is 11.6 Å². The van der Waals surface area contributed by atoms with E-state index < -0.39 is 5.67 Å². The van der Waals surface area contributed by atoms with Crippen molar-refractivity contribution in [2.75, 3.05) is 13.1 Å². The van der Waals surface area contributed by atoms with E-state index in [1.807, 2.05) is 0 Å². The van der Waals surface area contributed by atoms with E-state index in [0.29, 0.717) is 23.6 Å². The van der Waals surface area contributed by atoms with E-state index in [4.69, 9.17) is 11.6 Å². The minimum absolute atomic E-state index is 0.359. The Bertz CT molecular complexity index is 324. The van der Waals surface area contributed by atoms with Crippen molar-refractivity contribution in [2.45, 2.75) is 18.5 Å². The van der Waals surface area contributed by atoms with Crippen molar-refractivity contribution in [1.29, 1.82) is 0 Å². The average molecular weight is 215 g/mol. The molecule has 76 valence electrons. The van der Waals surface area contributed by atoms with Gasteiger partial charge < -0.3 is 5.32 Å². The maximum absolute atomic E-state index is 14.4. The molecule has 1 fully saturated rings. The van der Waals surface area contributed by atoms with Gasteiger partial charge in [0.1, 0.15) is 10.8 Å². The second kappa shape index (κ2) is 3.83. The van der Waals surface area contributed by atoms with Crippen molar-refractivity contribution < 1.29 is 4.39 Å². The fourth-order valence-electron chi connectivity index (χ4n) is 1.79. The molecule has 0 bridgehead atoms. The molecule has 1 aromatic heterocycles. The van der Waals surface area contributed by atoms with Gasteiger partial charge in [-0.15, -0.1) is 0 Å². The molecular formula is C10H12ClFN2. The van der Waals surface area contributed by atoms with E-state index in [2.05, 4.69) is 10.3 Å². The van der Waals surface area contributed by atoms with Crippen LogP contribution in [0, 0.1) is 0 Å². The lowest BCUT2D eigenvalue weighted by Crippen LogP contribution is -2.36. The van der Waals surface area contributed by atoms with Gasteiger partial charge in [-0.25, -0.2) is 9.37 Å². The van der Waals surface area contributed by atoms with Gasteiger partial charge in [0.25, 0.3) is 0 Å². The molecule has 0 atom stereocenters. The van der Waals surface area contributed by atoms with E-state index in [-0.39, 0.29) is 0 Å². The fraction of sp³-hybridized carbons (Fsp3) is 0.500. The van der Waals surface area contributed by atoms with Crippen LogP contribution in [0.1, 0.15) is 18.4 Å². The Hall–Kier alpha value is -0.670. The zero-order valence-electron chi connectivity index (χ0n) is 7.76. The molecule has 0 amide bonds. The van der Waals surface area contributed by atoms with E-state index in [9.17, 15) is 4.39 Å². The molecule has 2 rings (SSSR count). The van der Waals surface area contributed by atoms with Crippen molar-refractivity contribution in [2.24, 2.45) is 0 Å². The number of halogens is 2. The highest BCUT2D eigenvalue weighted by Gasteiger charge is 2.33. The van der Waals surface area contributed by atoms with Gasteiger partial charge in [-0.05, 0) is 43.6 Å². The van der Waals surface area contributed by atoms with Crippen LogP contribution >= 0.6 is 11.6 Å². The van der Waals surface area contributed by atoms with E-state index in [1.165, 1.54) is 0 Å². The SMILES string of the molecule is FC1(c2ccnc(Cl)c2)CCNCC1. The van der Waals surface area contributed by atoms with Crippen molar-refractivity contribution >= 4 is 11.6 Å². The minimum atomic E-state index is -1.22. The summed E-state index contributed by atoms with van der Waals surface area (Å²) in [7, 11) is 0. The zero-order valence-corrected chi connectivity index (χ0v) is 8.52. The van der Waals surface area contributed by atoms with Gasteiger partial charge in [-0.3, -0.25) is 0 Å². The molecule has 4 heteroatoms. The number of piperidine rings is 1.